The van der Waals surface area contributed by atoms with Crippen LogP contribution >= 0.6 is 0 Å². The summed E-state index contributed by atoms with van der Waals surface area (Å²) in [5.41, 5.74) is 0.257. The van der Waals surface area contributed by atoms with Crippen LogP contribution in [0.2, 0.25) is 0 Å². The number of carbonyl (C=O) groups excluding carboxylic acids is 3. The van der Waals surface area contributed by atoms with Crippen LogP contribution in [0.4, 0.5) is 0 Å². The summed E-state index contributed by atoms with van der Waals surface area (Å²) < 4.78 is 10.6. The standard InChI is InChI=1S/C25H18O8/c1-32-20(26)12-17(21-22(27)14-7-3-4-8-15(14)23(28)24(21)29)19-11-10-18(33-19)13-6-2-5-9-16(13)25(30)31/h2-11,17,27H,12H2,1H3,(H,30,31)/t17-/m1/s1. The first-order chi connectivity index (χ1) is 15.8. The number of aliphatic hydroxyl groups is 1. The number of carboxylic acids is 1. The first kappa shape index (κ1) is 21.8. The third-order valence-corrected chi connectivity index (χ3v) is 5.47. The van der Waals surface area contributed by atoms with E-state index in [0.29, 0.717) is 5.56 Å². The zero-order chi connectivity index (χ0) is 23.7. The van der Waals surface area contributed by atoms with E-state index < -0.39 is 35.2 Å². The van der Waals surface area contributed by atoms with Crippen LogP contribution in [0.5, 0.6) is 0 Å². The predicted molar refractivity (Wildman–Crippen MR) is 116 cm³/mol. The van der Waals surface area contributed by atoms with Gasteiger partial charge in [0.05, 0.1) is 30.6 Å². The van der Waals surface area contributed by atoms with Crippen molar-refractivity contribution in [3.63, 3.8) is 0 Å². The lowest BCUT2D eigenvalue weighted by atomic mass is 9.80. The lowest BCUT2D eigenvalue weighted by molar-refractivity contribution is -0.141. The van der Waals surface area contributed by atoms with Gasteiger partial charge in [-0.15, -0.1) is 0 Å². The van der Waals surface area contributed by atoms with Gasteiger partial charge in [-0.3, -0.25) is 14.4 Å². The van der Waals surface area contributed by atoms with Crippen molar-refractivity contribution in [3.8, 4) is 11.3 Å². The number of esters is 1. The summed E-state index contributed by atoms with van der Waals surface area (Å²) in [6.45, 7) is 0. The summed E-state index contributed by atoms with van der Waals surface area (Å²) >= 11 is 0. The minimum absolute atomic E-state index is 0.00262. The number of aromatic carboxylic acids is 1. The van der Waals surface area contributed by atoms with E-state index in [1.807, 2.05) is 0 Å². The highest BCUT2D eigenvalue weighted by Crippen LogP contribution is 2.40. The molecule has 0 unspecified atom stereocenters. The maximum Gasteiger partial charge on any atom is 0.336 e. The second-order valence-corrected chi connectivity index (χ2v) is 7.35. The van der Waals surface area contributed by atoms with Crippen molar-refractivity contribution in [1.29, 1.82) is 0 Å². The van der Waals surface area contributed by atoms with Crippen molar-refractivity contribution in [2.24, 2.45) is 0 Å². The number of hydrogen-bond donors (Lipinski definition) is 2. The fourth-order valence-corrected chi connectivity index (χ4v) is 3.87. The SMILES string of the molecule is COC(=O)C[C@@H](C1=C(O)c2ccccc2C(=O)C1=O)c1ccc(-c2ccccc2C(=O)O)o1. The fraction of sp³-hybridized carbons (Fsp3) is 0.120. The number of furan rings is 1. The Hall–Kier alpha value is -4.46. The van der Waals surface area contributed by atoms with E-state index in [4.69, 9.17) is 9.15 Å². The van der Waals surface area contributed by atoms with Gasteiger partial charge in [-0.1, -0.05) is 42.5 Å². The number of benzene rings is 2. The van der Waals surface area contributed by atoms with E-state index in [1.165, 1.54) is 37.4 Å². The van der Waals surface area contributed by atoms with E-state index in [2.05, 4.69) is 0 Å². The highest BCUT2D eigenvalue weighted by Gasteiger charge is 2.39. The fourth-order valence-electron chi connectivity index (χ4n) is 3.87. The number of carbonyl (C=O) groups is 4. The molecule has 0 bridgehead atoms. The Bertz CT molecular complexity index is 1330. The lowest BCUT2D eigenvalue weighted by Gasteiger charge is -2.23. The molecule has 0 fully saturated rings. The van der Waals surface area contributed by atoms with Crippen LogP contribution < -0.4 is 0 Å². The van der Waals surface area contributed by atoms with Crippen LogP contribution in [0.25, 0.3) is 17.1 Å². The van der Waals surface area contributed by atoms with Gasteiger partial charge in [-0.2, -0.15) is 0 Å². The molecule has 166 valence electrons. The molecule has 0 saturated carbocycles. The number of Topliss-reactive ketones (excluding diaryl/α,β-unsaturated/α-hetero) is 2. The summed E-state index contributed by atoms with van der Waals surface area (Å²) in [5, 5.41) is 20.4. The van der Waals surface area contributed by atoms with Crippen LogP contribution in [-0.4, -0.2) is 40.8 Å². The summed E-state index contributed by atoms with van der Waals surface area (Å²) in [4.78, 5) is 49.4. The first-order valence-corrected chi connectivity index (χ1v) is 9.94. The number of methoxy groups -OCH3 is 1. The smallest absolute Gasteiger partial charge is 0.336 e. The second kappa shape index (κ2) is 8.58. The van der Waals surface area contributed by atoms with Gasteiger partial charge in [-0.25, -0.2) is 4.79 Å². The molecule has 3 aromatic rings. The molecule has 1 atom stereocenters. The molecule has 8 heteroatoms. The number of allylic oxidation sites excluding steroid dienone is 1. The number of aliphatic hydroxyl groups excluding tert-OH is 1. The van der Waals surface area contributed by atoms with Crippen LogP contribution in [0.1, 0.15) is 44.4 Å². The number of ether oxygens (including phenoxy) is 1. The van der Waals surface area contributed by atoms with Crippen molar-refractivity contribution < 1.29 is 38.5 Å². The van der Waals surface area contributed by atoms with Gasteiger partial charge in [0.15, 0.2) is 0 Å². The minimum atomic E-state index is -1.15. The van der Waals surface area contributed by atoms with Gasteiger partial charge in [0.1, 0.15) is 17.3 Å². The van der Waals surface area contributed by atoms with Gasteiger partial charge < -0.3 is 19.4 Å². The molecule has 4 rings (SSSR count). The van der Waals surface area contributed by atoms with Crippen molar-refractivity contribution >= 4 is 29.3 Å². The zero-order valence-electron chi connectivity index (χ0n) is 17.4. The lowest BCUT2D eigenvalue weighted by Crippen LogP contribution is -2.28. The summed E-state index contributed by atoms with van der Waals surface area (Å²) in [7, 11) is 1.17. The molecule has 8 nitrogen and oxygen atoms in total. The number of ketones is 2. The summed E-state index contributed by atoms with van der Waals surface area (Å²) in [5.74, 6) is -4.88. The molecule has 0 saturated heterocycles. The van der Waals surface area contributed by atoms with Crippen molar-refractivity contribution in [2.75, 3.05) is 7.11 Å². The highest BCUT2D eigenvalue weighted by atomic mass is 16.5. The Labute approximate surface area is 187 Å². The van der Waals surface area contributed by atoms with Crippen molar-refractivity contribution in [3.05, 3.63) is 88.7 Å². The third kappa shape index (κ3) is 3.82. The van der Waals surface area contributed by atoms with E-state index in [0.717, 1.165) is 0 Å². The number of rotatable bonds is 6. The highest BCUT2D eigenvalue weighted by molar-refractivity contribution is 6.52. The second-order valence-electron chi connectivity index (χ2n) is 7.35. The van der Waals surface area contributed by atoms with Gasteiger partial charge in [0, 0.05) is 16.7 Å². The molecule has 1 heterocycles. The maximum absolute atomic E-state index is 13.0. The molecule has 33 heavy (non-hydrogen) atoms. The largest absolute Gasteiger partial charge is 0.507 e. The van der Waals surface area contributed by atoms with Crippen molar-refractivity contribution in [2.45, 2.75) is 12.3 Å². The van der Waals surface area contributed by atoms with Crippen LogP contribution in [0, 0.1) is 0 Å². The molecule has 1 aliphatic carbocycles. The van der Waals surface area contributed by atoms with Crippen molar-refractivity contribution in [1.82, 2.24) is 0 Å². The Morgan fingerprint density at radius 3 is 2.21 bits per heavy atom. The normalized spacial score (nSPS) is 14.1. The zero-order valence-corrected chi connectivity index (χ0v) is 17.4. The van der Waals surface area contributed by atoms with Gasteiger partial charge >= 0.3 is 11.9 Å². The van der Waals surface area contributed by atoms with Crippen LogP contribution in [0.3, 0.4) is 0 Å². The monoisotopic (exact) mass is 446 g/mol. The quantitative estimate of drug-likeness (QED) is 0.429. The van der Waals surface area contributed by atoms with Gasteiger partial charge in [0.25, 0.3) is 0 Å². The molecule has 0 aliphatic heterocycles. The molecular weight excluding hydrogens is 428 g/mol. The molecule has 0 amide bonds. The Kier molecular flexibility index (Phi) is 5.66. The topological polar surface area (TPSA) is 131 Å². The Balaban J connectivity index is 1.86. The van der Waals surface area contributed by atoms with Crippen LogP contribution in [0.15, 0.2) is 70.7 Å². The Morgan fingerprint density at radius 1 is 0.909 bits per heavy atom. The maximum atomic E-state index is 13.0. The minimum Gasteiger partial charge on any atom is -0.507 e. The number of hydrogen-bond acceptors (Lipinski definition) is 7. The molecular formula is C25H18O8. The van der Waals surface area contributed by atoms with Crippen LogP contribution in [-0.2, 0) is 14.3 Å². The third-order valence-electron chi connectivity index (χ3n) is 5.47. The molecule has 0 radical (unpaired) electrons. The molecule has 0 spiro atoms. The van der Waals surface area contributed by atoms with Gasteiger partial charge in [-0.05, 0) is 18.2 Å². The summed E-state index contributed by atoms with van der Waals surface area (Å²) in [6, 6.07) is 15.3. The van der Waals surface area contributed by atoms with Gasteiger partial charge in [0.2, 0.25) is 11.6 Å². The van der Waals surface area contributed by atoms with E-state index in [9.17, 15) is 29.4 Å². The first-order valence-electron chi connectivity index (χ1n) is 9.94. The summed E-state index contributed by atoms with van der Waals surface area (Å²) in [6.07, 6.45) is -0.384. The van der Waals surface area contributed by atoms with E-state index in [-0.39, 0.29) is 40.2 Å². The molecule has 1 aromatic heterocycles. The molecule has 2 aromatic carbocycles. The molecule has 2 N–H and O–H groups in total. The number of carboxylic acid groups (broad SMARTS) is 1. The predicted octanol–water partition coefficient (Wildman–Crippen LogP) is 4.03. The van der Waals surface area contributed by atoms with E-state index >= 15 is 0 Å². The van der Waals surface area contributed by atoms with E-state index in [1.54, 1.807) is 30.3 Å². The molecule has 1 aliphatic rings. The number of fused-ring (bicyclic) bond motifs is 1. The average Bonchev–Trinajstić information content (AvgIpc) is 3.32. The average molecular weight is 446 g/mol. The Morgan fingerprint density at radius 2 is 1.55 bits per heavy atom.